The summed E-state index contributed by atoms with van der Waals surface area (Å²) in [4.78, 5) is 15.9. The maximum absolute atomic E-state index is 11.8. The van der Waals surface area contributed by atoms with E-state index in [1.165, 1.54) is 11.3 Å². The number of amides is 1. The van der Waals surface area contributed by atoms with Crippen LogP contribution >= 0.6 is 22.9 Å². The Labute approximate surface area is 108 Å². The van der Waals surface area contributed by atoms with Gasteiger partial charge in [-0.15, -0.1) is 22.9 Å². The van der Waals surface area contributed by atoms with E-state index in [9.17, 15) is 4.79 Å². The van der Waals surface area contributed by atoms with Crippen molar-refractivity contribution in [3.8, 4) is 0 Å². The summed E-state index contributed by atoms with van der Waals surface area (Å²) in [6, 6.07) is 7.29. The number of thiazole rings is 1. The molecule has 1 heterocycles. The predicted molar refractivity (Wildman–Crippen MR) is 69.3 cm³/mol. The highest BCUT2D eigenvalue weighted by Crippen LogP contribution is 2.08. The molecule has 0 aliphatic heterocycles. The number of halogens is 1. The number of alkyl halides is 1. The number of carbonyl (C=O) groups excluding carboxylic acids is 1. The van der Waals surface area contributed by atoms with E-state index >= 15 is 0 Å². The first-order valence-electron chi connectivity index (χ1n) is 5.11. The molecule has 0 aliphatic rings. The third-order valence-electron chi connectivity index (χ3n) is 2.23. The number of nitrogens with one attached hydrogen (secondary N) is 1. The predicted octanol–water partition coefficient (Wildman–Crippen LogP) is 2.81. The van der Waals surface area contributed by atoms with Crippen molar-refractivity contribution in [2.24, 2.45) is 0 Å². The summed E-state index contributed by atoms with van der Waals surface area (Å²) >= 11 is 7.24. The molecule has 0 spiro atoms. The van der Waals surface area contributed by atoms with Gasteiger partial charge >= 0.3 is 0 Å². The average Bonchev–Trinajstić information content (AvgIpc) is 2.89. The molecule has 1 aromatic heterocycles. The van der Waals surface area contributed by atoms with Gasteiger partial charge in [0.2, 0.25) is 0 Å². The molecule has 0 saturated carbocycles. The second kappa shape index (κ2) is 5.80. The monoisotopic (exact) mass is 266 g/mol. The van der Waals surface area contributed by atoms with Crippen LogP contribution < -0.4 is 5.32 Å². The van der Waals surface area contributed by atoms with Gasteiger partial charge in [0.05, 0.1) is 6.54 Å². The van der Waals surface area contributed by atoms with Crippen LogP contribution in [0.15, 0.2) is 35.8 Å². The lowest BCUT2D eigenvalue weighted by molar-refractivity contribution is 0.0951. The fourth-order valence-corrected chi connectivity index (χ4v) is 2.12. The number of benzene rings is 1. The van der Waals surface area contributed by atoms with Gasteiger partial charge in [-0.3, -0.25) is 4.79 Å². The van der Waals surface area contributed by atoms with E-state index in [4.69, 9.17) is 11.6 Å². The highest BCUT2D eigenvalue weighted by atomic mass is 35.5. The van der Waals surface area contributed by atoms with Gasteiger partial charge in [0, 0.05) is 23.0 Å². The Morgan fingerprint density at radius 2 is 2.35 bits per heavy atom. The molecule has 5 heteroatoms. The van der Waals surface area contributed by atoms with Crippen LogP contribution in [0.2, 0.25) is 0 Å². The molecule has 17 heavy (non-hydrogen) atoms. The average molecular weight is 267 g/mol. The summed E-state index contributed by atoms with van der Waals surface area (Å²) < 4.78 is 0. The lowest BCUT2D eigenvalue weighted by Crippen LogP contribution is -2.22. The zero-order valence-corrected chi connectivity index (χ0v) is 10.6. The number of hydrogen-bond donors (Lipinski definition) is 1. The van der Waals surface area contributed by atoms with Crippen molar-refractivity contribution in [1.82, 2.24) is 10.3 Å². The van der Waals surface area contributed by atoms with Crippen molar-refractivity contribution in [1.29, 1.82) is 0 Å². The maximum atomic E-state index is 11.8. The molecule has 0 saturated heterocycles. The lowest BCUT2D eigenvalue weighted by atomic mass is 10.1. The molecule has 0 aliphatic carbocycles. The zero-order valence-electron chi connectivity index (χ0n) is 9.02. The second-order valence-electron chi connectivity index (χ2n) is 3.44. The van der Waals surface area contributed by atoms with Crippen molar-refractivity contribution in [3.63, 3.8) is 0 Å². The second-order valence-corrected chi connectivity index (χ2v) is 4.69. The van der Waals surface area contributed by atoms with E-state index in [1.54, 1.807) is 18.3 Å². The summed E-state index contributed by atoms with van der Waals surface area (Å²) in [5.41, 5.74) is 1.56. The van der Waals surface area contributed by atoms with E-state index in [2.05, 4.69) is 10.3 Å². The van der Waals surface area contributed by atoms with E-state index < -0.39 is 0 Å². The first-order chi connectivity index (χ1) is 8.29. The summed E-state index contributed by atoms with van der Waals surface area (Å²) in [5, 5.41) is 5.60. The van der Waals surface area contributed by atoms with Crippen molar-refractivity contribution in [3.05, 3.63) is 52.0 Å². The summed E-state index contributed by atoms with van der Waals surface area (Å²) in [5.74, 6) is 0.306. The molecule has 0 radical (unpaired) electrons. The largest absolute Gasteiger partial charge is 0.346 e. The standard InChI is InChI=1S/C12H11ClN2OS/c13-7-9-2-1-3-10(6-9)12(16)15-8-11-14-4-5-17-11/h1-6H,7-8H2,(H,15,16). The smallest absolute Gasteiger partial charge is 0.251 e. The number of hydrogen-bond acceptors (Lipinski definition) is 3. The Morgan fingerprint density at radius 3 is 3.06 bits per heavy atom. The SMILES string of the molecule is O=C(NCc1nccs1)c1cccc(CCl)c1. The molecule has 1 N–H and O–H groups in total. The molecule has 0 fully saturated rings. The fraction of sp³-hybridized carbons (Fsp3) is 0.167. The quantitative estimate of drug-likeness (QED) is 0.865. The van der Waals surface area contributed by atoms with Gasteiger partial charge in [-0.05, 0) is 17.7 Å². The lowest BCUT2D eigenvalue weighted by Gasteiger charge is -2.04. The van der Waals surface area contributed by atoms with Gasteiger partial charge < -0.3 is 5.32 Å². The molecular weight excluding hydrogens is 256 g/mol. The molecule has 1 aromatic carbocycles. The van der Waals surface area contributed by atoms with Gasteiger partial charge in [-0.2, -0.15) is 0 Å². The highest BCUT2D eigenvalue weighted by Gasteiger charge is 2.06. The van der Waals surface area contributed by atoms with Crippen LogP contribution in [0.25, 0.3) is 0 Å². The van der Waals surface area contributed by atoms with Crippen molar-refractivity contribution >= 4 is 28.8 Å². The van der Waals surface area contributed by atoms with Crippen LogP contribution in [0.5, 0.6) is 0 Å². The van der Waals surface area contributed by atoms with Crippen LogP contribution in [0.3, 0.4) is 0 Å². The molecule has 0 bridgehead atoms. The summed E-state index contributed by atoms with van der Waals surface area (Å²) in [6.07, 6.45) is 1.72. The van der Waals surface area contributed by atoms with Crippen molar-refractivity contribution in [2.75, 3.05) is 0 Å². The van der Waals surface area contributed by atoms with Crippen LogP contribution in [-0.2, 0) is 12.4 Å². The first-order valence-corrected chi connectivity index (χ1v) is 6.52. The minimum atomic E-state index is -0.104. The fourth-order valence-electron chi connectivity index (χ4n) is 1.39. The Bertz CT molecular complexity index is 499. The van der Waals surface area contributed by atoms with Gasteiger partial charge in [-0.25, -0.2) is 4.98 Å². The van der Waals surface area contributed by atoms with Gasteiger partial charge in [0.1, 0.15) is 5.01 Å². The minimum absolute atomic E-state index is 0.104. The van der Waals surface area contributed by atoms with E-state index in [-0.39, 0.29) is 5.91 Å². The summed E-state index contributed by atoms with van der Waals surface area (Å²) in [7, 11) is 0. The van der Waals surface area contributed by atoms with Crippen molar-refractivity contribution < 1.29 is 4.79 Å². The highest BCUT2D eigenvalue weighted by molar-refractivity contribution is 7.09. The van der Waals surface area contributed by atoms with Gasteiger partial charge in [0.15, 0.2) is 0 Å². The maximum Gasteiger partial charge on any atom is 0.251 e. The molecular formula is C12H11ClN2OS. The van der Waals surface area contributed by atoms with Gasteiger partial charge in [0.25, 0.3) is 5.91 Å². The van der Waals surface area contributed by atoms with Crippen LogP contribution in [0, 0.1) is 0 Å². The first kappa shape index (κ1) is 12.1. The molecule has 0 atom stereocenters. The number of nitrogens with zero attached hydrogens (tertiary/aromatic N) is 1. The topological polar surface area (TPSA) is 42.0 Å². The van der Waals surface area contributed by atoms with E-state index in [0.717, 1.165) is 10.6 Å². The van der Waals surface area contributed by atoms with Crippen LogP contribution in [0.4, 0.5) is 0 Å². The normalized spacial score (nSPS) is 10.2. The minimum Gasteiger partial charge on any atom is -0.346 e. The molecule has 2 aromatic rings. The molecule has 3 nitrogen and oxygen atoms in total. The molecule has 1 amide bonds. The molecule has 2 rings (SSSR count). The number of rotatable bonds is 4. The van der Waals surface area contributed by atoms with E-state index in [0.29, 0.717) is 18.0 Å². The Hall–Kier alpha value is -1.39. The van der Waals surface area contributed by atoms with E-state index in [1.807, 2.05) is 17.5 Å². The van der Waals surface area contributed by atoms with Gasteiger partial charge in [-0.1, -0.05) is 12.1 Å². The van der Waals surface area contributed by atoms with Crippen LogP contribution in [-0.4, -0.2) is 10.9 Å². The third kappa shape index (κ3) is 3.28. The Balaban J connectivity index is 1.99. The number of carbonyl (C=O) groups is 1. The molecule has 88 valence electrons. The Kier molecular flexibility index (Phi) is 4.12. The molecule has 0 unspecified atom stereocenters. The third-order valence-corrected chi connectivity index (χ3v) is 3.32. The van der Waals surface area contributed by atoms with Crippen LogP contribution in [0.1, 0.15) is 20.9 Å². The number of aromatic nitrogens is 1. The van der Waals surface area contributed by atoms with Crippen molar-refractivity contribution in [2.45, 2.75) is 12.4 Å². The summed E-state index contributed by atoms with van der Waals surface area (Å²) in [6.45, 7) is 0.460. The Morgan fingerprint density at radius 1 is 1.47 bits per heavy atom. The zero-order chi connectivity index (χ0) is 12.1.